The number of nitrogens with two attached hydrogens (primary N) is 1. The lowest BCUT2D eigenvalue weighted by atomic mass is 9.90. The SMILES string of the molecule is COc1ccc2c(c1)CCc1cnc(-n3cc(C(=O)N4CCN(CCCN(C)C)CC4)c(N)n3)nc1-2. The Balaban J connectivity index is 1.31. The Morgan fingerprint density at radius 1 is 1.14 bits per heavy atom. The number of piperazine rings is 1. The van der Waals surface area contributed by atoms with Crippen molar-refractivity contribution in [1.29, 1.82) is 0 Å². The predicted molar refractivity (Wildman–Crippen MR) is 138 cm³/mol. The lowest BCUT2D eigenvalue weighted by Crippen LogP contribution is -2.49. The van der Waals surface area contributed by atoms with E-state index < -0.39 is 0 Å². The van der Waals surface area contributed by atoms with Gasteiger partial charge in [0.25, 0.3) is 11.9 Å². The number of benzene rings is 1. The maximum absolute atomic E-state index is 13.2. The van der Waals surface area contributed by atoms with Crippen LogP contribution in [-0.2, 0) is 12.8 Å². The number of anilines is 1. The van der Waals surface area contributed by atoms with Crippen LogP contribution in [0.4, 0.5) is 5.82 Å². The largest absolute Gasteiger partial charge is 0.497 e. The summed E-state index contributed by atoms with van der Waals surface area (Å²) in [6, 6.07) is 6.04. The van der Waals surface area contributed by atoms with E-state index in [1.54, 1.807) is 13.3 Å². The third kappa shape index (κ3) is 4.91. The highest BCUT2D eigenvalue weighted by molar-refractivity contribution is 5.98. The number of hydrogen-bond donors (Lipinski definition) is 1. The summed E-state index contributed by atoms with van der Waals surface area (Å²) in [5.41, 5.74) is 10.8. The van der Waals surface area contributed by atoms with Gasteiger partial charge >= 0.3 is 0 Å². The van der Waals surface area contributed by atoms with Gasteiger partial charge in [-0.3, -0.25) is 9.69 Å². The van der Waals surface area contributed by atoms with E-state index in [0.29, 0.717) is 24.6 Å². The minimum absolute atomic E-state index is 0.0953. The molecule has 1 amide bonds. The Morgan fingerprint density at radius 3 is 2.67 bits per heavy atom. The zero-order chi connectivity index (χ0) is 25.2. The van der Waals surface area contributed by atoms with Gasteiger partial charge < -0.3 is 20.3 Å². The standard InChI is InChI=1S/C26H34N8O2/c1-31(2)9-4-10-32-11-13-33(14-12-32)25(35)22-17-34(30-24(22)27)26-28-16-19-6-5-18-15-20(36-3)7-8-21(18)23(19)29-26/h7-8,15-17H,4-6,9-14H2,1-3H3,(H2,27,30). The van der Waals surface area contributed by atoms with Gasteiger partial charge in [-0.25, -0.2) is 14.6 Å². The molecule has 1 fully saturated rings. The molecule has 0 saturated carbocycles. The van der Waals surface area contributed by atoms with Crippen molar-refractivity contribution >= 4 is 11.7 Å². The zero-order valence-corrected chi connectivity index (χ0v) is 21.3. The first-order chi connectivity index (χ1) is 17.4. The Labute approximate surface area is 211 Å². The minimum Gasteiger partial charge on any atom is -0.497 e. The third-order valence-electron chi connectivity index (χ3n) is 7.00. The monoisotopic (exact) mass is 490 g/mol. The molecule has 3 aromatic rings. The van der Waals surface area contributed by atoms with Gasteiger partial charge in [-0.2, -0.15) is 0 Å². The van der Waals surface area contributed by atoms with Crippen LogP contribution in [0.15, 0.2) is 30.6 Å². The van der Waals surface area contributed by atoms with Gasteiger partial charge in [-0.1, -0.05) is 0 Å². The molecule has 0 bridgehead atoms. The molecule has 3 heterocycles. The topological polar surface area (TPSA) is 106 Å². The number of aromatic nitrogens is 4. The third-order valence-corrected chi connectivity index (χ3v) is 7.00. The summed E-state index contributed by atoms with van der Waals surface area (Å²) in [5, 5.41) is 4.39. The van der Waals surface area contributed by atoms with Crippen LogP contribution in [-0.4, -0.2) is 101 Å². The molecular weight excluding hydrogens is 456 g/mol. The van der Waals surface area contributed by atoms with Crippen LogP contribution in [0.5, 0.6) is 5.75 Å². The Morgan fingerprint density at radius 2 is 1.92 bits per heavy atom. The maximum Gasteiger partial charge on any atom is 0.259 e. The zero-order valence-electron chi connectivity index (χ0n) is 21.3. The number of carbonyl (C=O) groups is 1. The normalized spacial score (nSPS) is 15.6. The van der Waals surface area contributed by atoms with E-state index >= 15 is 0 Å². The van der Waals surface area contributed by atoms with Gasteiger partial charge in [0.05, 0.1) is 12.8 Å². The number of fused-ring (bicyclic) bond motifs is 3. The molecule has 1 aliphatic carbocycles. The molecule has 10 nitrogen and oxygen atoms in total. The predicted octanol–water partition coefficient (Wildman–Crippen LogP) is 1.73. The fourth-order valence-corrected chi connectivity index (χ4v) is 4.94. The van der Waals surface area contributed by atoms with Gasteiger partial charge in [-0.05, 0) is 75.8 Å². The van der Waals surface area contributed by atoms with Gasteiger partial charge in [-0.15, -0.1) is 5.10 Å². The quantitative estimate of drug-likeness (QED) is 0.534. The van der Waals surface area contributed by atoms with E-state index in [0.717, 1.165) is 68.0 Å². The second-order valence-electron chi connectivity index (χ2n) is 9.73. The Bertz CT molecular complexity index is 1250. The van der Waals surface area contributed by atoms with Crippen LogP contribution in [0, 0.1) is 0 Å². The molecule has 10 heteroatoms. The summed E-state index contributed by atoms with van der Waals surface area (Å²) in [5.74, 6) is 1.33. The molecule has 0 spiro atoms. The number of hydrogen-bond acceptors (Lipinski definition) is 8. The van der Waals surface area contributed by atoms with Crippen LogP contribution >= 0.6 is 0 Å². The lowest BCUT2D eigenvalue weighted by molar-refractivity contribution is 0.0635. The number of aryl methyl sites for hydroxylation is 2. The molecule has 0 unspecified atom stereocenters. The highest BCUT2D eigenvalue weighted by atomic mass is 16.5. The van der Waals surface area contributed by atoms with Crippen LogP contribution < -0.4 is 10.5 Å². The van der Waals surface area contributed by atoms with E-state index in [1.807, 2.05) is 23.2 Å². The molecule has 1 aromatic carbocycles. The molecule has 2 N–H and O–H groups in total. The molecular formula is C26H34N8O2. The Hall–Kier alpha value is -3.50. The molecule has 0 radical (unpaired) electrons. The number of ether oxygens (including phenoxy) is 1. The number of rotatable bonds is 7. The maximum atomic E-state index is 13.2. The highest BCUT2D eigenvalue weighted by Gasteiger charge is 2.26. The summed E-state index contributed by atoms with van der Waals surface area (Å²) in [7, 11) is 5.85. The second kappa shape index (κ2) is 10.2. The summed E-state index contributed by atoms with van der Waals surface area (Å²) in [6.45, 7) is 5.21. The van der Waals surface area contributed by atoms with Gasteiger partial charge in [0.15, 0.2) is 5.82 Å². The van der Waals surface area contributed by atoms with E-state index in [4.69, 9.17) is 15.5 Å². The second-order valence-corrected chi connectivity index (χ2v) is 9.73. The van der Waals surface area contributed by atoms with Crippen LogP contribution in [0.2, 0.25) is 0 Å². The van der Waals surface area contributed by atoms with Crippen molar-refractivity contribution in [3.63, 3.8) is 0 Å². The van der Waals surface area contributed by atoms with E-state index in [9.17, 15) is 4.79 Å². The molecule has 1 saturated heterocycles. The fourth-order valence-electron chi connectivity index (χ4n) is 4.94. The van der Waals surface area contributed by atoms with Crippen molar-refractivity contribution in [2.24, 2.45) is 0 Å². The van der Waals surface area contributed by atoms with Crippen molar-refractivity contribution in [2.45, 2.75) is 19.3 Å². The van der Waals surface area contributed by atoms with Crippen molar-refractivity contribution in [1.82, 2.24) is 34.4 Å². The molecule has 0 atom stereocenters. The van der Waals surface area contributed by atoms with Gasteiger partial charge in [0, 0.05) is 44.1 Å². The number of amides is 1. The molecule has 1 aliphatic heterocycles. The van der Waals surface area contributed by atoms with Crippen LogP contribution in [0.3, 0.4) is 0 Å². The van der Waals surface area contributed by atoms with E-state index in [1.165, 1.54) is 10.2 Å². The van der Waals surface area contributed by atoms with Crippen LogP contribution in [0.25, 0.3) is 17.2 Å². The van der Waals surface area contributed by atoms with Crippen molar-refractivity contribution in [2.75, 3.05) is 66.2 Å². The summed E-state index contributed by atoms with van der Waals surface area (Å²) >= 11 is 0. The number of nitrogens with zero attached hydrogens (tertiary/aromatic N) is 7. The molecule has 36 heavy (non-hydrogen) atoms. The average Bonchev–Trinajstić information content (AvgIpc) is 3.29. The lowest BCUT2D eigenvalue weighted by Gasteiger charge is -2.34. The van der Waals surface area contributed by atoms with Gasteiger partial charge in [0.2, 0.25) is 0 Å². The highest BCUT2D eigenvalue weighted by Crippen LogP contribution is 2.34. The van der Waals surface area contributed by atoms with Crippen molar-refractivity contribution in [3.8, 4) is 23.0 Å². The molecule has 5 rings (SSSR count). The minimum atomic E-state index is -0.0953. The first kappa shape index (κ1) is 24.2. The number of nitrogen functional groups attached to an aromatic ring is 1. The van der Waals surface area contributed by atoms with E-state index in [2.05, 4.69) is 40.0 Å². The summed E-state index contributed by atoms with van der Waals surface area (Å²) < 4.78 is 6.89. The number of carbonyl (C=O) groups excluding carboxylic acids is 1. The first-order valence-corrected chi connectivity index (χ1v) is 12.5. The smallest absolute Gasteiger partial charge is 0.259 e. The van der Waals surface area contributed by atoms with Gasteiger partial charge in [0.1, 0.15) is 11.3 Å². The Kier molecular flexibility index (Phi) is 6.88. The molecule has 2 aliphatic rings. The molecule has 190 valence electrons. The molecule has 2 aromatic heterocycles. The first-order valence-electron chi connectivity index (χ1n) is 12.5. The number of methoxy groups -OCH3 is 1. The average molecular weight is 491 g/mol. The summed E-state index contributed by atoms with van der Waals surface area (Å²) in [6.07, 6.45) is 6.40. The fraction of sp³-hybridized carbons (Fsp3) is 0.462. The summed E-state index contributed by atoms with van der Waals surface area (Å²) in [4.78, 5) is 29.0. The van der Waals surface area contributed by atoms with Crippen LogP contribution in [0.1, 0.15) is 27.9 Å². The van der Waals surface area contributed by atoms with E-state index in [-0.39, 0.29) is 11.7 Å². The van der Waals surface area contributed by atoms with Crippen molar-refractivity contribution < 1.29 is 9.53 Å². The van der Waals surface area contributed by atoms with Crippen molar-refractivity contribution in [3.05, 3.63) is 47.3 Å².